The van der Waals surface area contributed by atoms with Gasteiger partial charge in [0.2, 0.25) is 0 Å². The molecule has 0 radical (unpaired) electrons. The van der Waals surface area contributed by atoms with Crippen LogP contribution in [-0.4, -0.2) is 56.3 Å². The van der Waals surface area contributed by atoms with Crippen molar-refractivity contribution in [2.75, 3.05) is 19.8 Å². The standard InChI is InChI=1S/C20H24O7S/c1-15-7-9-17(10-8-15)28(23,24)27-14-20(13-21)19(18(22)12-26-20)25-11-16-5-3-2-4-6-16/h2-10,18-19,21-22H,11-14H2,1H3/t18-,19?,20+/m1/s1. The summed E-state index contributed by atoms with van der Waals surface area (Å²) in [5, 5.41) is 20.2. The second kappa shape index (κ2) is 8.69. The third-order valence-electron chi connectivity index (χ3n) is 4.72. The Morgan fingerprint density at radius 1 is 1.14 bits per heavy atom. The molecule has 2 aromatic carbocycles. The molecule has 0 aromatic heterocycles. The van der Waals surface area contributed by atoms with Crippen LogP contribution < -0.4 is 0 Å². The molecule has 1 aliphatic rings. The molecule has 1 saturated heterocycles. The second-order valence-corrected chi connectivity index (χ2v) is 8.46. The lowest BCUT2D eigenvalue weighted by Gasteiger charge is -2.32. The molecule has 1 heterocycles. The first-order chi connectivity index (χ1) is 13.4. The van der Waals surface area contributed by atoms with Crippen LogP contribution in [0.1, 0.15) is 11.1 Å². The predicted molar refractivity (Wildman–Crippen MR) is 101 cm³/mol. The number of ether oxygens (including phenoxy) is 2. The molecule has 2 N–H and O–H groups in total. The van der Waals surface area contributed by atoms with Crippen molar-refractivity contribution in [1.82, 2.24) is 0 Å². The topological polar surface area (TPSA) is 102 Å². The van der Waals surface area contributed by atoms with Gasteiger partial charge >= 0.3 is 0 Å². The van der Waals surface area contributed by atoms with Crippen molar-refractivity contribution in [1.29, 1.82) is 0 Å². The minimum Gasteiger partial charge on any atom is -0.393 e. The third kappa shape index (κ3) is 4.60. The zero-order valence-electron chi connectivity index (χ0n) is 15.5. The van der Waals surface area contributed by atoms with Gasteiger partial charge in [-0.3, -0.25) is 4.18 Å². The summed E-state index contributed by atoms with van der Waals surface area (Å²) in [6.07, 6.45) is -1.95. The van der Waals surface area contributed by atoms with Gasteiger partial charge in [0.1, 0.15) is 24.4 Å². The third-order valence-corrected chi connectivity index (χ3v) is 6.00. The van der Waals surface area contributed by atoms with Crippen molar-refractivity contribution in [3.63, 3.8) is 0 Å². The fourth-order valence-electron chi connectivity index (χ4n) is 3.05. The molecule has 8 heteroatoms. The first kappa shape index (κ1) is 20.9. The summed E-state index contributed by atoms with van der Waals surface area (Å²) in [5.74, 6) is 0. The van der Waals surface area contributed by atoms with Crippen molar-refractivity contribution in [3.05, 3.63) is 65.7 Å². The van der Waals surface area contributed by atoms with Crippen molar-refractivity contribution in [2.24, 2.45) is 0 Å². The molecular weight excluding hydrogens is 384 g/mol. The largest absolute Gasteiger partial charge is 0.393 e. The molecule has 0 aliphatic carbocycles. The minimum absolute atomic E-state index is 0.00601. The summed E-state index contributed by atoms with van der Waals surface area (Å²) in [5.41, 5.74) is 0.315. The SMILES string of the molecule is Cc1ccc(S(=O)(=O)OC[C@]2(CO)OC[C@@H](O)C2OCc2ccccc2)cc1. The van der Waals surface area contributed by atoms with Gasteiger partial charge < -0.3 is 19.7 Å². The Hall–Kier alpha value is -1.81. The first-order valence-corrected chi connectivity index (χ1v) is 10.3. The average Bonchev–Trinajstić information content (AvgIpc) is 3.02. The van der Waals surface area contributed by atoms with Gasteiger partial charge in [0.05, 0.1) is 24.7 Å². The van der Waals surface area contributed by atoms with Gasteiger partial charge in [-0.15, -0.1) is 0 Å². The van der Waals surface area contributed by atoms with Crippen molar-refractivity contribution in [3.8, 4) is 0 Å². The number of aryl methyl sites for hydroxylation is 1. The smallest absolute Gasteiger partial charge is 0.297 e. The highest BCUT2D eigenvalue weighted by atomic mass is 32.2. The van der Waals surface area contributed by atoms with E-state index in [0.717, 1.165) is 11.1 Å². The number of aliphatic hydroxyl groups excluding tert-OH is 2. The first-order valence-electron chi connectivity index (χ1n) is 8.91. The van der Waals surface area contributed by atoms with E-state index < -0.39 is 41.1 Å². The van der Waals surface area contributed by atoms with Crippen molar-refractivity contribution < 1.29 is 32.3 Å². The number of hydrogen-bond acceptors (Lipinski definition) is 7. The monoisotopic (exact) mass is 408 g/mol. The fourth-order valence-corrected chi connectivity index (χ4v) is 4.01. The van der Waals surface area contributed by atoms with E-state index in [1.807, 2.05) is 37.3 Å². The van der Waals surface area contributed by atoms with E-state index >= 15 is 0 Å². The molecule has 0 spiro atoms. The maximum atomic E-state index is 12.5. The number of benzene rings is 2. The molecule has 0 bridgehead atoms. The van der Waals surface area contributed by atoms with E-state index in [-0.39, 0.29) is 18.1 Å². The number of rotatable bonds is 8. The quantitative estimate of drug-likeness (QED) is 0.637. The zero-order valence-corrected chi connectivity index (χ0v) is 16.3. The van der Waals surface area contributed by atoms with Crippen molar-refractivity contribution in [2.45, 2.75) is 36.2 Å². The number of aliphatic hydroxyl groups is 2. The molecule has 1 aliphatic heterocycles. The van der Waals surface area contributed by atoms with Crippen LogP contribution in [0.5, 0.6) is 0 Å². The Balaban J connectivity index is 1.72. The van der Waals surface area contributed by atoms with Gasteiger partial charge in [0, 0.05) is 0 Å². The molecule has 28 heavy (non-hydrogen) atoms. The molecule has 3 rings (SSSR count). The Morgan fingerprint density at radius 2 is 1.82 bits per heavy atom. The van der Waals surface area contributed by atoms with Gasteiger partial charge in [-0.1, -0.05) is 48.0 Å². The van der Waals surface area contributed by atoms with Gasteiger partial charge in [0.25, 0.3) is 10.1 Å². The van der Waals surface area contributed by atoms with Gasteiger partial charge in [-0.2, -0.15) is 8.42 Å². The Bertz CT molecular complexity index is 867. The summed E-state index contributed by atoms with van der Waals surface area (Å²) >= 11 is 0. The maximum absolute atomic E-state index is 12.5. The van der Waals surface area contributed by atoms with E-state index in [1.165, 1.54) is 12.1 Å². The van der Waals surface area contributed by atoms with Crippen LogP contribution in [0.4, 0.5) is 0 Å². The molecule has 152 valence electrons. The van der Waals surface area contributed by atoms with Crippen LogP contribution in [-0.2, 0) is 30.4 Å². The lowest BCUT2D eigenvalue weighted by Crippen LogP contribution is -2.51. The lowest BCUT2D eigenvalue weighted by molar-refractivity contribution is -0.141. The number of hydrogen-bond donors (Lipinski definition) is 2. The molecule has 2 aromatic rings. The lowest BCUT2D eigenvalue weighted by atomic mass is 9.97. The van der Waals surface area contributed by atoms with Gasteiger partial charge in [0.15, 0.2) is 0 Å². The van der Waals surface area contributed by atoms with E-state index in [4.69, 9.17) is 13.7 Å². The predicted octanol–water partition coefficient (Wildman–Crippen LogP) is 1.41. The van der Waals surface area contributed by atoms with Crippen molar-refractivity contribution >= 4 is 10.1 Å². The van der Waals surface area contributed by atoms with Crippen LogP contribution in [0, 0.1) is 6.92 Å². The highest BCUT2D eigenvalue weighted by Crippen LogP contribution is 2.31. The van der Waals surface area contributed by atoms with Crippen LogP contribution in [0.3, 0.4) is 0 Å². The zero-order chi connectivity index (χ0) is 20.2. The highest BCUT2D eigenvalue weighted by molar-refractivity contribution is 7.86. The average molecular weight is 408 g/mol. The second-order valence-electron chi connectivity index (χ2n) is 6.85. The van der Waals surface area contributed by atoms with E-state index in [9.17, 15) is 18.6 Å². The molecule has 3 atom stereocenters. The molecule has 1 unspecified atom stereocenters. The molecule has 0 saturated carbocycles. The summed E-state index contributed by atoms with van der Waals surface area (Å²) in [7, 11) is -4.05. The molecular formula is C20H24O7S. The Kier molecular flexibility index (Phi) is 6.49. The van der Waals surface area contributed by atoms with Crippen LogP contribution in [0.15, 0.2) is 59.5 Å². The van der Waals surface area contributed by atoms with E-state index in [0.29, 0.717) is 0 Å². The molecule has 0 amide bonds. The summed E-state index contributed by atoms with van der Waals surface area (Å²) < 4.78 is 41.4. The fraction of sp³-hybridized carbons (Fsp3) is 0.400. The van der Waals surface area contributed by atoms with Gasteiger partial charge in [-0.05, 0) is 24.6 Å². The highest BCUT2D eigenvalue weighted by Gasteiger charge is 2.51. The van der Waals surface area contributed by atoms with E-state index in [2.05, 4.69) is 0 Å². The van der Waals surface area contributed by atoms with Gasteiger partial charge in [-0.25, -0.2) is 0 Å². The van der Waals surface area contributed by atoms with E-state index in [1.54, 1.807) is 12.1 Å². The summed E-state index contributed by atoms with van der Waals surface area (Å²) in [6, 6.07) is 15.5. The Morgan fingerprint density at radius 3 is 2.46 bits per heavy atom. The normalized spacial score (nSPS) is 25.1. The Labute approximate surface area is 164 Å². The maximum Gasteiger partial charge on any atom is 0.297 e. The molecule has 1 fully saturated rings. The van der Waals surface area contributed by atoms with Crippen LogP contribution >= 0.6 is 0 Å². The summed E-state index contributed by atoms with van der Waals surface area (Å²) in [6.45, 7) is 0.899. The summed E-state index contributed by atoms with van der Waals surface area (Å²) in [4.78, 5) is 0.00601. The minimum atomic E-state index is -4.05. The van der Waals surface area contributed by atoms with Crippen LogP contribution in [0.25, 0.3) is 0 Å². The van der Waals surface area contributed by atoms with Crippen LogP contribution in [0.2, 0.25) is 0 Å². The molecule has 7 nitrogen and oxygen atoms in total.